The summed E-state index contributed by atoms with van der Waals surface area (Å²) in [6.45, 7) is 1.95. The number of hydrogen-bond donors (Lipinski definition) is 1. The second-order valence-electron chi connectivity index (χ2n) is 5.44. The van der Waals surface area contributed by atoms with Gasteiger partial charge in [0.15, 0.2) is 5.82 Å². The van der Waals surface area contributed by atoms with E-state index in [0.717, 1.165) is 11.1 Å². The highest BCUT2D eigenvalue weighted by atomic mass is 35.5. The van der Waals surface area contributed by atoms with E-state index in [4.69, 9.17) is 20.9 Å². The number of nitrogens with zero attached hydrogens (tertiary/aromatic N) is 2. The quantitative estimate of drug-likeness (QED) is 0.733. The van der Waals surface area contributed by atoms with Gasteiger partial charge in [0.2, 0.25) is 5.89 Å². The molecule has 0 fully saturated rings. The smallest absolute Gasteiger partial charge is 0.411 e. The monoisotopic (exact) mass is 357 g/mol. The van der Waals surface area contributed by atoms with Crippen LogP contribution in [0.2, 0.25) is 5.02 Å². The van der Waals surface area contributed by atoms with E-state index >= 15 is 0 Å². The van der Waals surface area contributed by atoms with E-state index < -0.39 is 6.09 Å². The number of amides is 1. The normalized spacial score (nSPS) is 10.5. The van der Waals surface area contributed by atoms with Crippen LogP contribution < -0.4 is 5.32 Å². The van der Waals surface area contributed by atoms with E-state index in [1.165, 1.54) is 0 Å². The van der Waals surface area contributed by atoms with E-state index in [9.17, 15) is 4.79 Å². The van der Waals surface area contributed by atoms with Crippen molar-refractivity contribution in [2.45, 2.75) is 20.0 Å². The lowest BCUT2D eigenvalue weighted by Gasteiger charge is -2.08. The minimum absolute atomic E-state index is 0.178. The highest BCUT2D eigenvalue weighted by molar-refractivity contribution is 6.30. The van der Waals surface area contributed by atoms with Gasteiger partial charge in [0.05, 0.1) is 6.42 Å². The summed E-state index contributed by atoms with van der Waals surface area (Å²) >= 11 is 5.81. The predicted molar refractivity (Wildman–Crippen MR) is 93.5 cm³/mol. The molecule has 1 amide bonds. The highest BCUT2D eigenvalue weighted by Crippen LogP contribution is 2.14. The SMILES string of the molecule is Cc1noc(Cc2ccc(NC(=O)OCc3ccc(Cl)cc3)cc2)n1. The fourth-order valence-corrected chi connectivity index (χ4v) is 2.30. The Labute approximate surface area is 149 Å². The minimum Gasteiger partial charge on any atom is -0.444 e. The fraction of sp³-hybridized carbons (Fsp3) is 0.167. The first-order valence-corrected chi connectivity index (χ1v) is 8.02. The zero-order chi connectivity index (χ0) is 17.6. The van der Waals surface area contributed by atoms with Crippen LogP contribution in [0, 0.1) is 6.92 Å². The predicted octanol–water partition coefficient (Wildman–Crippen LogP) is 4.37. The summed E-state index contributed by atoms with van der Waals surface area (Å²) in [5.74, 6) is 1.16. The molecule has 0 atom stereocenters. The number of benzene rings is 2. The number of ether oxygens (including phenoxy) is 1. The van der Waals surface area contributed by atoms with Crippen molar-refractivity contribution in [1.29, 1.82) is 0 Å². The molecule has 7 heteroatoms. The number of carbonyl (C=O) groups excluding carboxylic acids is 1. The molecule has 6 nitrogen and oxygen atoms in total. The van der Waals surface area contributed by atoms with Crippen LogP contribution >= 0.6 is 11.6 Å². The minimum atomic E-state index is -0.518. The number of carbonyl (C=O) groups is 1. The Bertz CT molecular complexity index is 845. The largest absolute Gasteiger partial charge is 0.444 e. The first-order valence-electron chi connectivity index (χ1n) is 7.65. The number of anilines is 1. The summed E-state index contributed by atoms with van der Waals surface area (Å²) in [5, 5.41) is 7.08. The molecule has 2 aromatic carbocycles. The lowest BCUT2D eigenvalue weighted by molar-refractivity contribution is 0.155. The van der Waals surface area contributed by atoms with Gasteiger partial charge in [-0.25, -0.2) is 4.79 Å². The highest BCUT2D eigenvalue weighted by Gasteiger charge is 2.06. The third-order valence-electron chi connectivity index (χ3n) is 3.41. The van der Waals surface area contributed by atoms with E-state index in [0.29, 0.717) is 28.8 Å². The van der Waals surface area contributed by atoms with Crippen molar-refractivity contribution in [2.75, 3.05) is 5.32 Å². The maximum Gasteiger partial charge on any atom is 0.411 e. The summed E-state index contributed by atoms with van der Waals surface area (Å²) in [7, 11) is 0. The van der Waals surface area contributed by atoms with Crippen molar-refractivity contribution < 1.29 is 14.1 Å². The molecule has 0 unspecified atom stereocenters. The topological polar surface area (TPSA) is 77.2 Å². The zero-order valence-corrected chi connectivity index (χ0v) is 14.3. The standard InChI is InChI=1S/C18H16ClN3O3/c1-12-20-17(25-22-12)10-13-4-8-16(9-5-13)21-18(23)24-11-14-2-6-15(19)7-3-14/h2-9H,10-11H2,1H3,(H,21,23). The van der Waals surface area contributed by atoms with Crippen LogP contribution in [0.1, 0.15) is 22.8 Å². The van der Waals surface area contributed by atoms with Gasteiger partial charge in [-0.3, -0.25) is 5.32 Å². The van der Waals surface area contributed by atoms with Crippen LogP contribution in [0.4, 0.5) is 10.5 Å². The van der Waals surface area contributed by atoms with E-state index in [1.54, 1.807) is 31.2 Å². The fourth-order valence-electron chi connectivity index (χ4n) is 2.18. The second kappa shape index (κ2) is 7.81. The summed E-state index contributed by atoms with van der Waals surface area (Å²) in [6, 6.07) is 14.5. The van der Waals surface area contributed by atoms with Crippen molar-refractivity contribution >= 4 is 23.4 Å². The average Bonchev–Trinajstić information content (AvgIpc) is 3.01. The van der Waals surface area contributed by atoms with Gasteiger partial charge in [-0.1, -0.05) is 41.0 Å². The summed E-state index contributed by atoms with van der Waals surface area (Å²) in [4.78, 5) is 16.0. The van der Waals surface area contributed by atoms with Crippen LogP contribution in [0.15, 0.2) is 53.1 Å². The average molecular weight is 358 g/mol. The van der Waals surface area contributed by atoms with Gasteiger partial charge in [-0.15, -0.1) is 0 Å². The van der Waals surface area contributed by atoms with Crippen LogP contribution in [0.25, 0.3) is 0 Å². The first-order chi connectivity index (χ1) is 12.1. The van der Waals surface area contributed by atoms with Crippen LogP contribution in [0.5, 0.6) is 0 Å². The van der Waals surface area contributed by atoms with Gasteiger partial charge in [-0.05, 0) is 42.3 Å². The Morgan fingerprint density at radius 1 is 1.12 bits per heavy atom. The number of nitrogens with one attached hydrogen (secondary N) is 1. The Hall–Kier alpha value is -2.86. The maximum absolute atomic E-state index is 11.8. The number of aromatic nitrogens is 2. The lowest BCUT2D eigenvalue weighted by atomic mass is 10.1. The molecule has 3 aromatic rings. The zero-order valence-electron chi connectivity index (χ0n) is 13.5. The number of aryl methyl sites for hydroxylation is 1. The molecular formula is C18H16ClN3O3. The molecule has 1 heterocycles. The molecule has 0 spiro atoms. The summed E-state index contributed by atoms with van der Waals surface area (Å²) in [5.41, 5.74) is 2.51. The van der Waals surface area contributed by atoms with Crippen LogP contribution in [-0.4, -0.2) is 16.2 Å². The number of rotatable bonds is 5. The Morgan fingerprint density at radius 3 is 2.44 bits per heavy atom. The molecule has 1 N–H and O–H groups in total. The molecule has 1 aromatic heterocycles. The molecule has 0 aliphatic heterocycles. The van der Waals surface area contributed by atoms with Gasteiger partial charge in [0, 0.05) is 10.7 Å². The summed E-state index contributed by atoms with van der Waals surface area (Å²) in [6.07, 6.45) is 0.0255. The number of halogens is 1. The molecule has 0 radical (unpaired) electrons. The molecule has 0 saturated heterocycles. The third-order valence-corrected chi connectivity index (χ3v) is 3.66. The Morgan fingerprint density at radius 2 is 1.80 bits per heavy atom. The molecule has 0 aliphatic rings. The van der Waals surface area contributed by atoms with Crippen LogP contribution in [0.3, 0.4) is 0 Å². The molecule has 0 saturated carbocycles. The number of hydrogen-bond acceptors (Lipinski definition) is 5. The van der Waals surface area contributed by atoms with E-state index in [1.807, 2.05) is 24.3 Å². The Balaban J connectivity index is 1.50. The van der Waals surface area contributed by atoms with Gasteiger partial charge < -0.3 is 9.26 Å². The molecule has 0 aliphatic carbocycles. The first kappa shape index (κ1) is 17.0. The second-order valence-corrected chi connectivity index (χ2v) is 5.87. The molecule has 0 bridgehead atoms. The van der Waals surface area contributed by atoms with Crippen molar-refractivity contribution in [1.82, 2.24) is 10.1 Å². The third kappa shape index (κ3) is 5.06. The molecule has 25 heavy (non-hydrogen) atoms. The van der Waals surface area contributed by atoms with Crippen molar-refractivity contribution in [3.05, 3.63) is 76.4 Å². The van der Waals surface area contributed by atoms with Gasteiger partial charge >= 0.3 is 6.09 Å². The molecular weight excluding hydrogens is 342 g/mol. The molecule has 128 valence electrons. The van der Waals surface area contributed by atoms with E-state index in [-0.39, 0.29) is 6.61 Å². The Kier molecular flexibility index (Phi) is 5.30. The van der Waals surface area contributed by atoms with Crippen molar-refractivity contribution in [3.63, 3.8) is 0 Å². The van der Waals surface area contributed by atoms with Gasteiger partial charge in [0.1, 0.15) is 6.61 Å². The van der Waals surface area contributed by atoms with Gasteiger partial charge in [-0.2, -0.15) is 4.98 Å². The molecule has 3 rings (SSSR count). The lowest BCUT2D eigenvalue weighted by Crippen LogP contribution is -2.13. The van der Waals surface area contributed by atoms with Gasteiger partial charge in [0.25, 0.3) is 0 Å². The van der Waals surface area contributed by atoms with Crippen molar-refractivity contribution in [3.8, 4) is 0 Å². The van der Waals surface area contributed by atoms with Crippen LogP contribution in [-0.2, 0) is 17.8 Å². The van der Waals surface area contributed by atoms with Crippen molar-refractivity contribution in [2.24, 2.45) is 0 Å². The summed E-state index contributed by atoms with van der Waals surface area (Å²) < 4.78 is 10.3. The maximum atomic E-state index is 11.8. The van der Waals surface area contributed by atoms with E-state index in [2.05, 4.69) is 15.5 Å².